The molecule has 0 radical (unpaired) electrons. The number of halogens is 1. The van der Waals surface area contributed by atoms with Crippen LogP contribution in [0.15, 0.2) is 84.9 Å². The number of ether oxygens (including phenoxy) is 1. The zero-order valence-electron chi connectivity index (χ0n) is 33.6. The summed E-state index contributed by atoms with van der Waals surface area (Å²) in [7, 11) is -4.45. The van der Waals surface area contributed by atoms with E-state index in [1.165, 1.54) is 42.5 Å². The van der Waals surface area contributed by atoms with Gasteiger partial charge in [0.1, 0.15) is 23.9 Å². The van der Waals surface area contributed by atoms with Crippen LogP contribution >= 0.6 is 18.9 Å². The Bertz CT molecular complexity index is 2350. The van der Waals surface area contributed by atoms with Crippen molar-refractivity contribution in [3.05, 3.63) is 101 Å². The summed E-state index contributed by atoms with van der Waals surface area (Å²) in [4.78, 5) is 59.3. The highest BCUT2D eigenvalue weighted by molar-refractivity contribution is 7.57. The lowest BCUT2D eigenvalue weighted by atomic mass is 9.85. The summed E-state index contributed by atoms with van der Waals surface area (Å²) in [6.07, 6.45) is 5.18. The summed E-state index contributed by atoms with van der Waals surface area (Å²) in [5, 5.41) is 16.4. The molecule has 8 atom stereocenters. The van der Waals surface area contributed by atoms with Crippen molar-refractivity contribution in [2.75, 3.05) is 13.2 Å². The Labute approximate surface area is 352 Å². The summed E-state index contributed by atoms with van der Waals surface area (Å²) < 4.78 is 42.5. The van der Waals surface area contributed by atoms with Gasteiger partial charge in [0, 0.05) is 23.2 Å². The molecule has 15 heteroatoms. The van der Waals surface area contributed by atoms with Gasteiger partial charge >= 0.3 is 13.5 Å². The standard InChI is InChI=1S/C45H49FN5O7PS/c1-3-23-57-44(55)28(2)49-59(56,58-33-14-8-5-9-15-33)40(46)30-17-20-38-31(24-30)25-39(60-38)41(52)48-36-16-10-13-32-18-19-37(51(32)42(36)53)43(54)50-27-34(29-11-6-4-7-12-29)35(26-47)45(50)21-22-45/h4-9,11-12,14-15,17,20,24-25,28,32,34-37,40H,3,10,13,16,18-19,21-23,27H2,1-2H3,(H,48,52)(H,49,56)/t28-,32-,34+,35+,36-,37-,40+,59?/m0/s1. The van der Waals surface area contributed by atoms with Crippen LogP contribution in [0.25, 0.3) is 10.1 Å². The number of carbonyl (C=O) groups is 4. The molecule has 2 N–H and O–H groups in total. The Hall–Kier alpha value is -5.09. The molecule has 4 aromatic rings. The first-order chi connectivity index (χ1) is 29.0. The fourth-order valence-electron chi connectivity index (χ4n) is 9.34. The summed E-state index contributed by atoms with van der Waals surface area (Å²) in [6.45, 7) is 3.86. The van der Waals surface area contributed by atoms with Crippen LogP contribution in [-0.4, -0.2) is 76.3 Å². The van der Waals surface area contributed by atoms with Crippen LogP contribution in [-0.2, 0) is 23.7 Å². The van der Waals surface area contributed by atoms with Crippen molar-refractivity contribution >= 4 is 52.6 Å². The van der Waals surface area contributed by atoms with Crippen molar-refractivity contribution in [3.63, 3.8) is 0 Å². The second kappa shape index (κ2) is 17.1. The fourth-order valence-corrected chi connectivity index (χ4v) is 12.2. The van der Waals surface area contributed by atoms with Gasteiger partial charge in [-0.3, -0.25) is 23.7 Å². The first-order valence-corrected chi connectivity index (χ1v) is 23.3. The molecule has 3 aromatic carbocycles. The Morgan fingerprint density at radius 1 is 1.02 bits per heavy atom. The minimum atomic E-state index is -4.45. The molecule has 3 amide bonds. The van der Waals surface area contributed by atoms with Gasteiger partial charge in [-0.25, -0.2) is 9.48 Å². The molecule has 1 aromatic heterocycles. The smallest absolute Gasteiger partial charge is 0.355 e. The van der Waals surface area contributed by atoms with Crippen LogP contribution in [0.1, 0.15) is 97.8 Å². The number of hydrogen-bond donors (Lipinski definition) is 2. The largest absolute Gasteiger partial charge is 0.465 e. The summed E-state index contributed by atoms with van der Waals surface area (Å²) in [6, 6.07) is 24.0. The number of carbonyl (C=O) groups excluding carboxylic acids is 4. The van der Waals surface area contributed by atoms with Crippen molar-refractivity contribution in [2.24, 2.45) is 5.92 Å². The third kappa shape index (κ3) is 7.95. The molecule has 1 unspecified atom stereocenters. The van der Waals surface area contributed by atoms with Gasteiger partial charge in [0.25, 0.3) is 5.91 Å². The maximum atomic E-state index is 16.5. The second-order valence-corrected chi connectivity index (χ2v) is 19.6. The van der Waals surface area contributed by atoms with E-state index in [1.807, 2.05) is 42.2 Å². The topological polar surface area (TPSA) is 158 Å². The molecular weight excluding hydrogens is 805 g/mol. The van der Waals surface area contributed by atoms with Crippen molar-refractivity contribution in [3.8, 4) is 11.8 Å². The lowest BCUT2D eigenvalue weighted by Crippen LogP contribution is -2.56. The summed E-state index contributed by atoms with van der Waals surface area (Å²) >= 11 is 1.18. The molecule has 8 rings (SSSR count). The van der Waals surface area contributed by atoms with E-state index in [9.17, 15) is 29.0 Å². The lowest BCUT2D eigenvalue weighted by Gasteiger charge is -2.35. The van der Waals surface area contributed by atoms with E-state index < -0.39 is 49.0 Å². The minimum Gasteiger partial charge on any atom is -0.465 e. The van der Waals surface area contributed by atoms with Gasteiger partial charge in [0.2, 0.25) is 17.7 Å². The van der Waals surface area contributed by atoms with E-state index in [-0.39, 0.29) is 47.6 Å². The Morgan fingerprint density at radius 3 is 2.45 bits per heavy atom. The molecule has 1 aliphatic carbocycles. The molecule has 4 heterocycles. The average Bonchev–Trinajstić information content (AvgIpc) is 3.62. The predicted octanol–water partition coefficient (Wildman–Crippen LogP) is 8.01. The Morgan fingerprint density at radius 2 is 1.75 bits per heavy atom. The fraction of sp³-hybridized carbons (Fsp3) is 0.444. The number of esters is 1. The molecule has 3 aliphatic heterocycles. The molecule has 1 spiro atoms. The van der Waals surface area contributed by atoms with Crippen molar-refractivity contribution in [1.29, 1.82) is 5.26 Å². The Kier molecular flexibility index (Phi) is 11.9. The molecule has 12 nitrogen and oxygen atoms in total. The number of nitrogens with one attached hydrogen (secondary N) is 2. The number of rotatable bonds is 13. The number of benzene rings is 3. The first-order valence-electron chi connectivity index (χ1n) is 20.8. The predicted molar refractivity (Wildman–Crippen MR) is 225 cm³/mol. The number of nitriles is 1. The zero-order chi connectivity index (χ0) is 42.2. The second-order valence-electron chi connectivity index (χ2n) is 16.4. The minimum absolute atomic E-state index is 0.0186. The SMILES string of the molecule is CCCOC(=O)[C@H](C)NP(=O)(Oc1ccccc1)[C@@H](F)c1ccc2sc(C(=O)N[C@H]3CCC[C@H]4CC[C@@H](C(=O)N5C[C@H](c6ccccc6)[C@@H](C#N)C56CC6)N4C3=O)cc2c1. The molecule has 314 valence electrons. The number of alkyl halides is 1. The molecular formula is C45H49FN5O7PS. The third-order valence-electron chi connectivity index (χ3n) is 12.5. The molecule has 60 heavy (non-hydrogen) atoms. The Balaban J connectivity index is 0.980. The van der Waals surface area contributed by atoms with E-state index in [0.717, 1.165) is 24.8 Å². The van der Waals surface area contributed by atoms with Gasteiger partial charge in [-0.1, -0.05) is 61.5 Å². The van der Waals surface area contributed by atoms with Crippen LogP contribution in [0, 0.1) is 17.2 Å². The number of nitrogens with zero attached hydrogens (tertiary/aromatic N) is 3. The van der Waals surface area contributed by atoms with Crippen molar-refractivity contribution in [2.45, 2.75) is 107 Å². The molecule has 4 fully saturated rings. The average molecular weight is 854 g/mol. The first kappa shape index (κ1) is 41.6. The van der Waals surface area contributed by atoms with E-state index in [4.69, 9.17) is 9.26 Å². The number of likely N-dealkylation sites (tertiary alicyclic amines) is 1. The molecule has 4 aliphatic rings. The molecule has 0 bridgehead atoms. The lowest BCUT2D eigenvalue weighted by molar-refractivity contribution is -0.147. The van der Waals surface area contributed by atoms with E-state index >= 15 is 4.39 Å². The maximum Gasteiger partial charge on any atom is 0.355 e. The van der Waals surface area contributed by atoms with Crippen LogP contribution in [0.4, 0.5) is 4.39 Å². The number of fused-ring (bicyclic) bond motifs is 2. The highest BCUT2D eigenvalue weighted by Gasteiger charge is 2.64. The summed E-state index contributed by atoms with van der Waals surface area (Å²) in [5.41, 5.74) is 0.541. The number of para-hydroxylation sites is 1. The van der Waals surface area contributed by atoms with E-state index in [2.05, 4.69) is 16.5 Å². The zero-order valence-corrected chi connectivity index (χ0v) is 35.3. The highest BCUT2D eigenvalue weighted by Crippen LogP contribution is 2.59. The normalized spacial score (nSPS) is 25.1. The quantitative estimate of drug-likeness (QED) is 0.100. The monoisotopic (exact) mass is 853 g/mol. The number of amides is 3. The van der Waals surface area contributed by atoms with Gasteiger partial charge < -0.3 is 24.4 Å². The summed E-state index contributed by atoms with van der Waals surface area (Å²) in [5.74, 6) is -4.02. The number of thiophene rings is 1. The number of hydrogen-bond acceptors (Lipinski definition) is 9. The van der Waals surface area contributed by atoms with Crippen LogP contribution in [0.5, 0.6) is 5.75 Å². The molecule has 3 saturated heterocycles. The van der Waals surface area contributed by atoms with Crippen LogP contribution in [0.2, 0.25) is 0 Å². The van der Waals surface area contributed by atoms with Gasteiger partial charge in [0.05, 0.1) is 29.0 Å². The van der Waals surface area contributed by atoms with Crippen LogP contribution in [0.3, 0.4) is 0 Å². The third-order valence-corrected chi connectivity index (χ3v) is 15.7. The molecule has 1 saturated carbocycles. The van der Waals surface area contributed by atoms with Crippen molar-refractivity contribution in [1.82, 2.24) is 20.2 Å². The van der Waals surface area contributed by atoms with Gasteiger partial charge in [-0.15, -0.1) is 11.3 Å². The van der Waals surface area contributed by atoms with Gasteiger partial charge in [-0.05, 0) is 105 Å². The van der Waals surface area contributed by atoms with Gasteiger partial charge in [-0.2, -0.15) is 5.26 Å². The maximum absolute atomic E-state index is 16.5. The van der Waals surface area contributed by atoms with Crippen LogP contribution < -0.4 is 14.9 Å². The van der Waals surface area contributed by atoms with Crippen molar-refractivity contribution < 1.29 is 37.4 Å². The van der Waals surface area contributed by atoms with E-state index in [1.54, 1.807) is 35.2 Å². The highest BCUT2D eigenvalue weighted by atomic mass is 32.1. The van der Waals surface area contributed by atoms with E-state index in [0.29, 0.717) is 53.6 Å². The van der Waals surface area contributed by atoms with Gasteiger partial charge in [0.15, 0.2) is 0 Å².